The highest BCUT2D eigenvalue weighted by Crippen LogP contribution is 2.32. The Bertz CT molecular complexity index is 461. The minimum Gasteiger partial charge on any atom is -0.373 e. The Morgan fingerprint density at radius 2 is 2.43 bits per heavy atom. The summed E-state index contributed by atoms with van der Waals surface area (Å²) in [5, 5.41) is 6.75. The summed E-state index contributed by atoms with van der Waals surface area (Å²) < 4.78 is 6.04. The number of piperidine rings is 1. The first-order chi connectivity index (χ1) is 10.2. The average Bonchev–Trinajstić information content (AvgIpc) is 2.52. The van der Waals surface area contributed by atoms with Crippen LogP contribution in [0.15, 0.2) is 24.3 Å². The molecule has 1 fully saturated rings. The van der Waals surface area contributed by atoms with E-state index in [1.54, 1.807) is 7.05 Å². The van der Waals surface area contributed by atoms with Crippen LogP contribution in [0.2, 0.25) is 5.02 Å². The Hall–Kier alpha value is -1.10. The Kier molecular flexibility index (Phi) is 6.49. The molecule has 1 aliphatic rings. The van der Waals surface area contributed by atoms with Crippen LogP contribution in [-0.4, -0.2) is 32.7 Å². The highest BCUT2D eigenvalue weighted by atomic mass is 35.5. The first-order valence-electron chi connectivity index (χ1n) is 7.49. The normalized spacial score (nSPS) is 20.0. The summed E-state index contributed by atoms with van der Waals surface area (Å²) >= 11 is 6.10. The number of hydrogen-bond donors (Lipinski definition) is 2. The first-order valence-corrected chi connectivity index (χ1v) is 7.87. The Morgan fingerprint density at radius 3 is 3.10 bits per heavy atom. The minimum atomic E-state index is -0.0128. The Morgan fingerprint density at radius 1 is 1.57 bits per heavy atom. The largest absolute Gasteiger partial charge is 0.373 e. The van der Waals surface area contributed by atoms with Crippen molar-refractivity contribution in [2.45, 2.75) is 25.4 Å². The summed E-state index contributed by atoms with van der Waals surface area (Å²) in [6.07, 6.45) is 2.65. The molecule has 2 rings (SSSR count). The molecule has 2 atom stereocenters. The molecule has 4 nitrogen and oxygen atoms in total. The molecule has 2 N–H and O–H groups in total. The lowest BCUT2D eigenvalue weighted by Gasteiger charge is -2.31. The van der Waals surface area contributed by atoms with E-state index in [0.717, 1.165) is 36.5 Å². The molecule has 5 heteroatoms. The van der Waals surface area contributed by atoms with E-state index in [-0.39, 0.29) is 12.0 Å². The predicted molar refractivity (Wildman–Crippen MR) is 84.4 cm³/mol. The summed E-state index contributed by atoms with van der Waals surface area (Å²) in [4.78, 5) is 11.3. The van der Waals surface area contributed by atoms with E-state index in [0.29, 0.717) is 18.9 Å². The van der Waals surface area contributed by atoms with E-state index in [1.807, 2.05) is 24.3 Å². The fraction of sp³-hybridized carbons (Fsp3) is 0.562. The van der Waals surface area contributed by atoms with Crippen molar-refractivity contribution in [1.82, 2.24) is 10.6 Å². The lowest BCUT2D eigenvalue weighted by molar-refractivity contribution is -0.122. The number of ether oxygens (including phenoxy) is 1. The van der Waals surface area contributed by atoms with Gasteiger partial charge in [-0.2, -0.15) is 0 Å². The van der Waals surface area contributed by atoms with E-state index in [1.165, 1.54) is 0 Å². The molecule has 1 heterocycles. The van der Waals surface area contributed by atoms with Gasteiger partial charge in [-0.3, -0.25) is 4.79 Å². The fourth-order valence-corrected chi connectivity index (χ4v) is 2.93. The quantitative estimate of drug-likeness (QED) is 0.849. The number of nitrogens with one attached hydrogen (secondary N) is 2. The van der Waals surface area contributed by atoms with Crippen molar-refractivity contribution >= 4 is 17.5 Å². The van der Waals surface area contributed by atoms with Crippen molar-refractivity contribution in [3.63, 3.8) is 0 Å². The van der Waals surface area contributed by atoms with Gasteiger partial charge < -0.3 is 15.4 Å². The molecular formula is C16H23ClN2O2. The molecule has 0 aliphatic carbocycles. The lowest BCUT2D eigenvalue weighted by atomic mass is 9.89. The third-order valence-corrected chi connectivity index (χ3v) is 4.08. The molecule has 0 spiro atoms. The van der Waals surface area contributed by atoms with Crippen LogP contribution in [0, 0.1) is 5.92 Å². The zero-order chi connectivity index (χ0) is 15.1. The molecule has 21 heavy (non-hydrogen) atoms. The lowest BCUT2D eigenvalue weighted by Crippen LogP contribution is -2.34. The van der Waals surface area contributed by atoms with Gasteiger partial charge in [-0.05, 0) is 37.1 Å². The predicted octanol–water partition coefficient (Wildman–Crippen LogP) is 2.53. The smallest absolute Gasteiger partial charge is 0.222 e. The number of rotatable bonds is 6. The molecule has 1 aliphatic heterocycles. The molecular weight excluding hydrogens is 288 g/mol. The van der Waals surface area contributed by atoms with Crippen molar-refractivity contribution in [1.29, 1.82) is 0 Å². The fourth-order valence-electron chi connectivity index (χ4n) is 2.73. The molecule has 1 saturated heterocycles. The van der Waals surface area contributed by atoms with Crippen LogP contribution >= 0.6 is 11.6 Å². The maximum atomic E-state index is 11.3. The van der Waals surface area contributed by atoms with Gasteiger partial charge in [0.25, 0.3) is 0 Å². The van der Waals surface area contributed by atoms with Crippen LogP contribution in [0.4, 0.5) is 0 Å². The van der Waals surface area contributed by atoms with Gasteiger partial charge in [0, 0.05) is 31.0 Å². The topological polar surface area (TPSA) is 50.4 Å². The van der Waals surface area contributed by atoms with Gasteiger partial charge in [-0.15, -0.1) is 0 Å². The third-order valence-electron chi connectivity index (χ3n) is 3.85. The second-order valence-corrected chi connectivity index (χ2v) is 5.81. The second-order valence-electron chi connectivity index (χ2n) is 5.38. The van der Waals surface area contributed by atoms with E-state index < -0.39 is 0 Å². The molecule has 116 valence electrons. The zero-order valence-corrected chi connectivity index (χ0v) is 13.2. The molecule has 1 amide bonds. The highest BCUT2D eigenvalue weighted by Gasteiger charge is 2.26. The van der Waals surface area contributed by atoms with Crippen LogP contribution in [0.3, 0.4) is 0 Å². The highest BCUT2D eigenvalue weighted by molar-refractivity contribution is 6.30. The summed E-state index contributed by atoms with van der Waals surface area (Å²) in [5.74, 6) is 0.420. The summed E-state index contributed by atoms with van der Waals surface area (Å²) in [7, 11) is 1.64. The number of amides is 1. The second kappa shape index (κ2) is 8.37. The number of hydrogen-bond acceptors (Lipinski definition) is 3. The Balaban J connectivity index is 2.04. The maximum absolute atomic E-state index is 11.3. The number of halogens is 1. The van der Waals surface area contributed by atoms with E-state index in [4.69, 9.17) is 16.3 Å². The third kappa shape index (κ3) is 4.99. The molecule has 1 aromatic rings. The minimum absolute atomic E-state index is 0.00149. The average molecular weight is 311 g/mol. The SMILES string of the molecule is CNC(=O)CCO[C@H](c1cccc(Cl)c1)C1CCCNC1. The van der Waals surface area contributed by atoms with E-state index in [2.05, 4.69) is 10.6 Å². The van der Waals surface area contributed by atoms with Gasteiger partial charge in [0.1, 0.15) is 0 Å². The molecule has 0 saturated carbocycles. The summed E-state index contributed by atoms with van der Waals surface area (Å²) in [6.45, 7) is 2.43. The molecule has 1 unspecified atom stereocenters. The van der Waals surface area contributed by atoms with E-state index >= 15 is 0 Å². The van der Waals surface area contributed by atoms with Crippen LogP contribution in [0.5, 0.6) is 0 Å². The van der Waals surface area contributed by atoms with Gasteiger partial charge >= 0.3 is 0 Å². The van der Waals surface area contributed by atoms with Crippen molar-refractivity contribution < 1.29 is 9.53 Å². The van der Waals surface area contributed by atoms with Gasteiger partial charge in [-0.25, -0.2) is 0 Å². The number of benzene rings is 1. The molecule has 0 aromatic heterocycles. The van der Waals surface area contributed by atoms with Gasteiger partial charge in [0.15, 0.2) is 0 Å². The van der Waals surface area contributed by atoms with Crippen LogP contribution in [0.1, 0.15) is 30.9 Å². The van der Waals surface area contributed by atoms with Gasteiger partial charge in [0.05, 0.1) is 12.7 Å². The maximum Gasteiger partial charge on any atom is 0.222 e. The van der Waals surface area contributed by atoms with Crippen molar-refractivity contribution in [3.8, 4) is 0 Å². The van der Waals surface area contributed by atoms with Crippen LogP contribution in [-0.2, 0) is 9.53 Å². The number of carbonyl (C=O) groups is 1. The number of carbonyl (C=O) groups excluding carboxylic acids is 1. The summed E-state index contributed by atoms with van der Waals surface area (Å²) in [6, 6.07) is 7.82. The van der Waals surface area contributed by atoms with Crippen LogP contribution < -0.4 is 10.6 Å². The van der Waals surface area contributed by atoms with Crippen molar-refractivity contribution in [2.24, 2.45) is 5.92 Å². The first kappa shape index (κ1) is 16.3. The zero-order valence-electron chi connectivity index (χ0n) is 12.4. The van der Waals surface area contributed by atoms with E-state index in [9.17, 15) is 4.79 Å². The molecule has 1 aromatic carbocycles. The van der Waals surface area contributed by atoms with Crippen molar-refractivity contribution in [3.05, 3.63) is 34.9 Å². The summed E-state index contributed by atoms with van der Waals surface area (Å²) in [5.41, 5.74) is 1.09. The molecule has 0 bridgehead atoms. The standard InChI is InChI=1S/C16H23ClN2O2/c1-18-15(20)7-9-21-16(13-5-3-8-19-11-13)12-4-2-6-14(17)10-12/h2,4,6,10,13,16,19H,3,5,7-9,11H2,1H3,(H,18,20)/t13?,16-/m1/s1. The van der Waals surface area contributed by atoms with Gasteiger partial charge in [-0.1, -0.05) is 23.7 Å². The van der Waals surface area contributed by atoms with Gasteiger partial charge in [0.2, 0.25) is 5.91 Å². The monoisotopic (exact) mass is 310 g/mol. The molecule has 0 radical (unpaired) electrons. The Labute approximate surface area is 131 Å². The van der Waals surface area contributed by atoms with Crippen molar-refractivity contribution in [2.75, 3.05) is 26.7 Å². The van der Waals surface area contributed by atoms with Crippen LogP contribution in [0.25, 0.3) is 0 Å².